The second-order valence-electron chi connectivity index (χ2n) is 3.93. The summed E-state index contributed by atoms with van der Waals surface area (Å²) in [5.74, 6) is 0.320. The number of aryl methyl sites for hydroxylation is 1. The second-order valence-corrected chi connectivity index (χ2v) is 3.93. The third-order valence-electron chi connectivity index (χ3n) is 2.38. The molecule has 0 aliphatic carbocycles. The summed E-state index contributed by atoms with van der Waals surface area (Å²) in [6, 6.07) is 8.98. The largest absolute Gasteiger partial charge is 0.487 e. The minimum atomic E-state index is -0.998. The quantitative estimate of drug-likeness (QED) is 0.836. The molecule has 0 fully saturated rings. The Bertz CT molecular complexity index is 601. The smallest absolute Gasteiger partial charge is 0.328 e. The lowest BCUT2D eigenvalue weighted by atomic mass is 10.2. The first-order chi connectivity index (χ1) is 9.15. The number of carboxylic acids is 1. The van der Waals surface area contributed by atoms with Crippen molar-refractivity contribution in [2.45, 2.75) is 13.5 Å². The molecule has 1 aromatic heterocycles. The van der Waals surface area contributed by atoms with Crippen molar-refractivity contribution in [3.63, 3.8) is 0 Å². The van der Waals surface area contributed by atoms with E-state index in [0.29, 0.717) is 17.0 Å². The molecule has 0 unspecified atom stereocenters. The van der Waals surface area contributed by atoms with Crippen molar-refractivity contribution in [3.8, 4) is 5.75 Å². The highest BCUT2D eigenvalue weighted by Gasteiger charge is 2.04. The van der Waals surface area contributed by atoms with Crippen LogP contribution in [0.5, 0.6) is 5.75 Å². The molecule has 1 aromatic carbocycles. The third-order valence-corrected chi connectivity index (χ3v) is 2.38. The van der Waals surface area contributed by atoms with Crippen LogP contribution in [-0.2, 0) is 11.4 Å². The molecule has 0 saturated carbocycles. The Morgan fingerprint density at radius 1 is 1.47 bits per heavy atom. The van der Waals surface area contributed by atoms with Gasteiger partial charge in [0.05, 0.1) is 0 Å². The number of rotatable bonds is 5. The fourth-order valence-electron chi connectivity index (χ4n) is 1.55. The molecule has 1 N–H and O–H groups in total. The number of hydrogen-bond donors (Lipinski definition) is 1. The van der Waals surface area contributed by atoms with Gasteiger partial charge in [0, 0.05) is 17.7 Å². The zero-order chi connectivity index (χ0) is 13.7. The molecule has 0 amide bonds. The van der Waals surface area contributed by atoms with Crippen LogP contribution in [-0.4, -0.2) is 16.2 Å². The van der Waals surface area contributed by atoms with Gasteiger partial charge in [0.25, 0.3) is 0 Å². The highest BCUT2D eigenvalue weighted by molar-refractivity contribution is 5.85. The lowest BCUT2D eigenvalue weighted by Crippen LogP contribution is -1.97. The van der Waals surface area contributed by atoms with Crippen molar-refractivity contribution >= 4 is 12.0 Å². The van der Waals surface area contributed by atoms with Gasteiger partial charge in [-0.1, -0.05) is 23.4 Å². The zero-order valence-electron chi connectivity index (χ0n) is 10.4. The van der Waals surface area contributed by atoms with Crippen LogP contribution in [0.25, 0.3) is 6.08 Å². The molecule has 0 spiro atoms. The Morgan fingerprint density at radius 2 is 2.26 bits per heavy atom. The van der Waals surface area contributed by atoms with Crippen LogP contribution >= 0.6 is 0 Å². The molecule has 1 heterocycles. The van der Waals surface area contributed by atoms with Gasteiger partial charge in [-0.3, -0.25) is 0 Å². The van der Waals surface area contributed by atoms with E-state index < -0.39 is 5.97 Å². The molecular weight excluding hydrogens is 246 g/mol. The predicted molar refractivity (Wildman–Crippen MR) is 68.7 cm³/mol. The molecule has 0 aliphatic heterocycles. The molecule has 2 rings (SSSR count). The molecule has 98 valence electrons. The van der Waals surface area contributed by atoms with Gasteiger partial charge in [-0.25, -0.2) is 4.79 Å². The Balaban J connectivity index is 2.09. The first kappa shape index (κ1) is 12.9. The number of para-hydroxylation sites is 1. The average Bonchev–Trinajstić information content (AvgIpc) is 2.80. The topological polar surface area (TPSA) is 72.6 Å². The predicted octanol–water partition coefficient (Wildman–Crippen LogP) is 2.66. The molecule has 5 heteroatoms. The third kappa shape index (κ3) is 3.70. The van der Waals surface area contributed by atoms with E-state index in [2.05, 4.69) is 5.16 Å². The summed E-state index contributed by atoms with van der Waals surface area (Å²) in [7, 11) is 0. The fraction of sp³-hybridized carbons (Fsp3) is 0.143. The standard InChI is InChI=1S/C14H13NO4/c1-10-8-12(15-19-10)9-18-13-5-3-2-4-11(13)6-7-14(16)17/h2-8H,9H2,1H3,(H,16,17)/b7-6+. The second kappa shape index (κ2) is 5.86. The number of aromatic nitrogens is 1. The van der Waals surface area contributed by atoms with E-state index in [-0.39, 0.29) is 6.61 Å². The van der Waals surface area contributed by atoms with E-state index in [9.17, 15) is 4.79 Å². The summed E-state index contributed by atoms with van der Waals surface area (Å²) in [4.78, 5) is 10.5. The molecule has 0 aliphatic rings. The maximum absolute atomic E-state index is 10.5. The summed E-state index contributed by atoms with van der Waals surface area (Å²) in [6.45, 7) is 2.08. The molecule has 0 bridgehead atoms. The summed E-state index contributed by atoms with van der Waals surface area (Å²) < 4.78 is 10.5. The van der Waals surface area contributed by atoms with Gasteiger partial charge in [0.15, 0.2) is 0 Å². The number of aliphatic carboxylic acids is 1. The summed E-state index contributed by atoms with van der Waals surface area (Å²) in [5, 5.41) is 12.4. The highest BCUT2D eigenvalue weighted by atomic mass is 16.5. The molecular formula is C14H13NO4. The van der Waals surface area contributed by atoms with Crippen LogP contribution in [0.15, 0.2) is 40.9 Å². The van der Waals surface area contributed by atoms with Crippen LogP contribution in [0.4, 0.5) is 0 Å². The zero-order valence-corrected chi connectivity index (χ0v) is 10.4. The Hall–Kier alpha value is -2.56. The van der Waals surface area contributed by atoms with Crippen molar-refractivity contribution in [2.75, 3.05) is 0 Å². The van der Waals surface area contributed by atoms with E-state index in [1.165, 1.54) is 6.08 Å². The van der Waals surface area contributed by atoms with Crippen molar-refractivity contribution in [1.82, 2.24) is 5.16 Å². The Labute approximate surface area is 110 Å². The molecule has 19 heavy (non-hydrogen) atoms. The number of carboxylic acid groups (broad SMARTS) is 1. The molecule has 0 saturated heterocycles. The number of ether oxygens (including phenoxy) is 1. The molecule has 2 aromatic rings. The Kier molecular flexibility index (Phi) is 3.97. The van der Waals surface area contributed by atoms with Crippen LogP contribution < -0.4 is 4.74 Å². The van der Waals surface area contributed by atoms with Gasteiger partial charge in [-0.15, -0.1) is 0 Å². The van der Waals surface area contributed by atoms with Crippen LogP contribution in [0.3, 0.4) is 0 Å². The minimum Gasteiger partial charge on any atom is -0.487 e. The van der Waals surface area contributed by atoms with E-state index >= 15 is 0 Å². The van der Waals surface area contributed by atoms with Gasteiger partial charge in [0.1, 0.15) is 23.8 Å². The first-order valence-corrected chi connectivity index (χ1v) is 5.70. The monoisotopic (exact) mass is 259 g/mol. The van der Waals surface area contributed by atoms with E-state index in [0.717, 1.165) is 11.8 Å². The Morgan fingerprint density at radius 3 is 2.95 bits per heavy atom. The maximum atomic E-state index is 10.5. The van der Waals surface area contributed by atoms with Crippen LogP contribution in [0.1, 0.15) is 17.0 Å². The lowest BCUT2D eigenvalue weighted by Gasteiger charge is -2.06. The number of hydrogen-bond acceptors (Lipinski definition) is 4. The summed E-state index contributed by atoms with van der Waals surface area (Å²) in [6.07, 6.45) is 2.56. The fourth-order valence-corrected chi connectivity index (χ4v) is 1.55. The number of nitrogens with zero attached hydrogens (tertiary/aromatic N) is 1. The van der Waals surface area contributed by atoms with E-state index in [1.54, 1.807) is 25.1 Å². The molecule has 0 radical (unpaired) electrons. The molecule has 5 nitrogen and oxygen atoms in total. The van der Waals surface area contributed by atoms with Crippen LogP contribution in [0.2, 0.25) is 0 Å². The summed E-state index contributed by atoms with van der Waals surface area (Å²) in [5.41, 5.74) is 1.39. The van der Waals surface area contributed by atoms with E-state index in [4.69, 9.17) is 14.4 Å². The normalized spacial score (nSPS) is 10.8. The van der Waals surface area contributed by atoms with Crippen molar-refractivity contribution in [2.24, 2.45) is 0 Å². The number of carbonyl (C=O) groups is 1. The maximum Gasteiger partial charge on any atom is 0.328 e. The molecule has 0 atom stereocenters. The lowest BCUT2D eigenvalue weighted by molar-refractivity contribution is -0.131. The minimum absolute atomic E-state index is 0.273. The SMILES string of the molecule is Cc1cc(COc2ccccc2/C=C/C(=O)O)no1. The van der Waals surface area contributed by atoms with Crippen molar-refractivity contribution in [3.05, 3.63) is 53.4 Å². The number of benzene rings is 1. The average molecular weight is 259 g/mol. The van der Waals surface area contributed by atoms with Crippen LogP contribution in [0, 0.1) is 6.92 Å². The highest BCUT2D eigenvalue weighted by Crippen LogP contribution is 2.20. The van der Waals surface area contributed by atoms with Crippen molar-refractivity contribution < 1.29 is 19.2 Å². The van der Waals surface area contributed by atoms with Gasteiger partial charge in [-0.2, -0.15) is 0 Å². The summed E-state index contributed by atoms with van der Waals surface area (Å²) >= 11 is 0. The van der Waals surface area contributed by atoms with Crippen molar-refractivity contribution in [1.29, 1.82) is 0 Å². The first-order valence-electron chi connectivity index (χ1n) is 5.70. The van der Waals surface area contributed by atoms with Gasteiger partial charge >= 0.3 is 5.97 Å². The van der Waals surface area contributed by atoms with E-state index in [1.807, 2.05) is 12.1 Å². The van der Waals surface area contributed by atoms with Gasteiger partial charge < -0.3 is 14.4 Å². The van der Waals surface area contributed by atoms with Gasteiger partial charge in [-0.05, 0) is 19.1 Å². The van der Waals surface area contributed by atoms with Gasteiger partial charge in [0.2, 0.25) is 0 Å².